The van der Waals surface area contributed by atoms with Gasteiger partial charge in [0.2, 0.25) is 0 Å². The first-order valence-corrected chi connectivity index (χ1v) is 5.62. The second-order valence-electron chi connectivity index (χ2n) is 3.16. The van der Waals surface area contributed by atoms with Crippen molar-refractivity contribution in [2.45, 2.75) is 19.9 Å². The van der Waals surface area contributed by atoms with Gasteiger partial charge in [0.1, 0.15) is 0 Å². The summed E-state index contributed by atoms with van der Waals surface area (Å²) in [6.45, 7) is 5.13. The van der Waals surface area contributed by atoms with Crippen molar-refractivity contribution in [2.24, 2.45) is 4.99 Å². The van der Waals surface area contributed by atoms with Crippen molar-refractivity contribution in [1.82, 2.24) is 9.88 Å². The van der Waals surface area contributed by atoms with Crippen LogP contribution in [-0.4, -0.2) is 28.3 Å². The number of aliphatic imine (C=N–C) groups is 1. The topological polar surface area (TPSA) is 28.5 Å². The zero-order valence-electron chi connectivity index (χ0n) is 8.34. The van der Waals surface area contributed by atoms with E-state index in [0.29, 0.717) is 0 Å². The molecule has 0 unspecified atom stereocenters. The lowest BCUT2D eigenvalue weighted by atomic mass is 10.3. The van der Waals surface area contributed by atoms with E-state index in [4.69, 9.17) is 0 Å². The van der Waals surface area contributed by atoms with Crippen LogP contribution in [0.3, 0.4) is 0 Å². The minimum absolute atomic E-state index is 0.261. The van der Waals surface area contributed by atoms with Gasteiger partial charge in [0.05, 0.1) is 6.04 Å². The molecule has 4 heteroatoms. The molecule has 0 fully saturated rings. The van der Waals surface area contributed by atoms with Gasteiger partial charge in [-0.3, -0.25) is 4.99 Å². The second kappa shape index (κ2) is 3.92. The maximum Gasteiger partial charge on any atom is 0.165 e. The Hall–Kier alpha value is -1.16. The van der Waals surface area contributed by atoms with Gasteiger partial charge in [-0.2, -0.15) is 0 Å². The molecule has 2 heterocycles. The van der Waals surface area contributed by atoms with Crippen molar-refractivity contribution in [3.8, 4) is 0 Å². The van der Waals surface area contributed by atoms with E-state index < -0.39 is 0 Å². The number of aromatic nitrogens is 1. The molecule has 0 amide bonds. The van der Waals surface area contributed by atoms with Crippen LogP contribution >= 0.6 is 11.3 Å². The fourth-order valence-electron chi connectivity index (χ4n) is 1.38. The summed E-state index contributed by atoms with van der Waals surface area (Å²) in [6, 6.07) is 0.261. The lowest BCUT2D eigenvalue weighted by Gasteiger charge is -2.23. The molecule has 1 aromatic rings. The first-order valence-electron chi connectivity index (χ1n) is 4.74. The third-order valence-corrected chi connectivity index (χ3v) is 2.88. The Morgan fingerprint density at radius 1 is 1.57 bits per heavy atom. The van der Waals surface area contributed by atoms with Crippen LogP contribution in [0.1, 0.15) is 18.9 Å². The van der Waals surface area contributed by atoms with Crippen LogP contribution in [0.5, 0.6) is 0 Å². The van der Waals surface area contributed by atoms with E-state index in [-0.39, 0.29) is 6.04 Å². The minimum atomic E-state index is 0.261. The van der Waals surface area contributed by atoms with Crippen LogP contribution in [0.4, 0.5) is 0 Å². The van der Waals surface area contributed by atoms with E-state index >= 15 is 0 Å². The molecule has 0 saturated carbocycles. The molecule has 0 spiro atoms. The maximum atomic E-state index is 4.58. The van der Waals surface area contributed by atoms with Crippen molar-refractivity contribution in [3.63, 3.8) is 0 Å². The van der Waals surface area contributed by atoms with Crippen LogP contribution in [0.15, 0.2) is 28.8 Å². The molecule has 74 valence electrons. The molecule has 0 aliphatic carbocycles. The minimum Gasteiger partial charge on any atom is -0.331 e. The van der Waals surface area contributed by atoms with E-state index in [1.54, 1.807) is 11.3 Å². The number of amidine groups is 1. The lowest BCUT2D eigenvalue weighted by molar-refractivity contribution is 0.566. The van der Waals surface area contributed by atoms with Crippen LogP contribution < -0.4 is 0 Å². The van der Waals surface area contributed by atoms with Crippen LogP contribution in [0.2, 0.25) is 0 Å². The number of hydrogen-bond donors (Lipinski definition) is 0. The third kappa shape index (κ3) is 1.70. The van der Waals surface area contributed by atoms with Gasteiger partial charge in [0.25, 0.3) is 0 Å². The monoisotopic (exact) mass is 207 g/mol. The maximum absolute atomic E-state index is 4.58. The highest BCUT2D eigenvalue weighted by atomic mass is 32.1. The summed E-state index contributed by atoms with van der Waals surface area (Å²) in [6.07, 6.45) is 6.01. The Balaban J connectivity index is 2.31. The number of thiazole rings is 1. The summed E-state index contributed by atoms with van der Waals surface area (Å²) in [4.78, 5) is 11.0. The first kappa shape index (κ1) is 9.40. The molecule has 0 aromatic carbocycles. The zero-order chi connectivity index (χ0) is 9.97. The van der Waals surface area contributed by atoms with Gasteiger partial charge < -0.3 is 4.90 Å². The van der Waals surface area contributed by atoms with Crippen molar-refractivity contribution in [3.05, 3.63) is 28.9 Å². The average molecular weight is 207 g/mol. The van der Waals surface area contributed by atoms with Crippen molar-refractivity contribution >= 4 is 17.2 Å². The van der Waals surface area contributed by atoms with Crippen LogP contribution in [-0.2, 0) is 0 Å². The fourth-order valence-corrected chi connectivity index (χ4v) is 2.02. The van der Waals surface area contributed by atoms with Crippen LogP contribution in [0.25, 0.3) is 0 Å². The average Bonchev–Trinajstić information content (AvgIpc) is 2.70. The molecule has 0 saturated heterocycles. The molecule has 1 aliphatic heterocycles. The number of hydrogen-bond acceptors (Lipinski definition) is 4. The zero-order valence-corrected chi connectivity index (χ0v) is 9.16. The highest BCUT2D eigenvalue weighted by molar-refractivity contribution is 7.11. The fraction of sp³-hybridized carbons (Fsp3) is 0.400. The summed E-state index contributed by atoms with van der Waals surface area (Å²) in [5.74, 6) is 0.998. The summed E-state index contributed by atoms with van der Waals surface area (Å²) >= 11 is 1.63. The smallest absolute Gasteiger partial charge is 0.165 e. The molecule has 0 bridgehead atoms. The predicted molar refractivity (Wildman–Crippen MR) is 59.6 cm³/mol. The van der Waals surface area contributed by atoms with Gasteiger partial charge in [-0.1, -0.05) is 0 Å². The largest absolute Gasteiger partial charge is 0.331 e. The molecule has 3 nitrogen and oxygen atoms in total. The lowest BCUT2D eigenvalue weighted by Crippen LogP contribution is -2.30. The molecule has 1 atom stereocenters. The molecule has 14 heavy (non-hydrogen) atoms. The quantitative estimate of drug-likeness (QED) is 0.743. The van der Waals surface area contributed by atoms with E-state index in [9.17, 15) is 0 Å². The SMILES string of the molecule is CCN1C=C[C@H](C)N=C1c1nccs1. The molecule has 1 aliphatic rings. The Morgan fingerprint density at radius 3 is 3.07 bits per heavy atom. The number of nitrogens with zero attached hydrogens (tertiary/aromatic N) is 3. The van der Waals surface area contributed by atoms with Crippen LogP contribution in [0, 0.1) is 0 Å². The Labute approximate surface area is 87.8 Å². The standard InChI is InChI=1S/C10H13N3S/c1-3-13-6-4-8(2)12-9(13)10-11-5-7-14-10/h4-8H,3H2,1-2H3/t8-/m0/s1. The van der Waals surface area contributed by atoms with Gasteiger partial charge in [-0.05, 0) is 19.9 Å². The van der Waals surface area contributed by atoms with E-state index in [1.165, 1.54) is 0 Å². The number of rotatable bonds is 2. The van der Waals surface area contributed by atoms with Gasteiger partial charge in [0.15, 0.2) is 10.8 Å². The van der Waals surface area contributed by atoms with E-state index in [0.717, 1.165) is 17.4 Å². The highest BCUT2D eigenvalue weighted by Crippen LogP contribution is 2.15. The Bertz CT molecular complexity index is 353. The predicted octanol–water partition coefficient (Wildman–Crippen LogP) is 2.13. The van der Waals surface area contributed by atoms with E-state index in [2.05, 4.69) is 41.0 Å². The van der Waals surface area contributed by atoms with E-state index in [1.807, 2.05) is 11.6 Å². The molecular formula is C10H13N3S. The van der Waals surface area contributed by atoms with Gasteiger partial charge in [-0.15, -0.1) is 11.3 Å². The molecule has 2 rings (SSSR count). The second-order valence-corrected chi connectivity index (χ2v) is 4.05. The summed E-state index contributed by atoms with van der Waals surface area (Å²) in [5.41, 5.74) is 0. The molecule has 0 radical (unpaired) electrons. The summed E-state index contributed by atoms with van der Waals surface area (Å²) in [7, 11) is 0. The Morgan fingerprint density at radius 2 is 2.43 bits per heavy atom. The molecule has 0 N–H and O–H groups in total. The molecular weight excluding hydrogens is 194 g/mol. The normalized spacial score (nSPS) is 21.1. The van der Waals surface area contributed by atoms with Crippen molar-refractivity contribution in [2.75, 3.05) is 6.54 Å². The van der Waals surface area contributed by atoms with Gasteiger partial charge >= 0.3 is 0 Å². The summed E-state index contributed by atoms with van der Waals surface area (Å²) < 4.78 is 0. The van der Waals surface area contributed by atoms with Gasteiger partial charge in [-0.25, -0.2) is 4.98 Å². The third-order valence-electron chi connectivity index (χ3n) is 2.11. The first-order chi connectivity index (χ1) is 6.81. The highest BCUT2D eigenvalue weighted by Gasteiger charge is 2.16. The Kier molecular flexibility index (Phi) is 2.63. The van der Waals surface area contributed by atoms with Gasteiger partial charge in [0, 0.05) is 24.3 Å². The molecule has 1 aromatic heterocycles. The van der Waals surface area contributed by atoms with Crippen molar-refractivity contribution in [1.29, 1.82) is 0 Å². The summed E-state index contributed by atoms with van der Waals surface area (Å²) in [5, 5.41) is 2.98. The van der Waals surface area contributed by atoms with Crippen molar-refractivity contribution < 1.29 is 0 Å².